The molecule has 1 radical (unpaired) electrons. The van der Waals surface area contributed by atoms with Crippen LogP contribution in [0.25, 0.3) is 10.9 Å². The number of H-pyrrole nitrogens is 1. The average Bonchev–Trinajstić information content (AvgIpc) is 2.33. The Hall–Kier alpha value is -0.656. The smallest absolute Gasteiger partial charge is 0.0456 e. The van der Waals surface area contributed by atoms with Gasteiger partial charge in [-0.15, -0.1) is 0 Å². The van der Waals surface area contributed by atoms with E-state index in [1.165, 1.54) is 22.0 Å². The summed E-state index contributed by atoms with van der Waals surface area (Å²) >= 11 is 0. The van der Waals surface area contributed by atoms with Crippen molar-refractivity contribution in [2.45, 2.75) is 13.8 Å². The summed E-state index contributed by atoms with van der Waals surface area (Å²) in [7, 11) is 0. The van der Waals surface area contributed by atoms with Crippen LogP contribution in [0.5, 0.6) is 0 Å². The first-order chi connectivity index (χ1) is 5.27. The van der Waals surface area contributed by atoms with E-state index >= 15 is 0 Å². The molecule has 0 bridgehead atoms. The van der Waals surface area contributed by atoms with Crippen molar-refractivity contribution in [3.63, 3.8) is 0 Å². The second kappa shape index (κ2) is 3.38. The molecule has 1 N–H and O–H groups in total. The zero-order valence-electron chi connectivity index (χ0n) is 7.26. The molecule has 2 heteroatoms. The second-order valence-electron chi connectivity index (χ2n) is 3.02. The minimum absolute atomic E-state index is 0. The Labute approximate surface area is 84.1 Å². The molecule has 0 amide bonds. The third-order valence-electron chi connectivity index (χ3n) is 2.04. The first-order valence-electron chi connectivity index (χ1n) is 3.82. The molecule has 1 heterocycles. The Morgan fingerprint density at radius 1 is 1.17 bits per heavy atom. The monoisotopic (exact) mass is 196 g/mol. The van der Waals surface area contributed by atoms with Crippen LogP contribution in [0.4, 0.5) is 0 Å². The van der Waals surface area contributed by atoms with Gasteiger partial charge in [0, 0.05) is 35.7 Å². The summed E-state index contributed by atoms with van der Waals surface area (Å²) in [5.74, 6) is 0. The van der Waals surface area contributed by atoms with E-state index in [-0.39, 0.29) is 18.6 Å². The van der Waals surface area contributed by atoms with E-state index in [9.17, 15) is 0 Å². The van der Waals surface area contributed by atoms with Gasteiger partial charge in [0.1, 0.15) is 0 Å². The van der Waals surface area contributed by atoms with E-state index in [0.29, 0.717) is 0 Å². The van der Waals surface area contributed by atoms with Crippen LogP contribution in [-0.2, 0) is 18.6 Å². The second-order valence-corrected chi connectivity index (χ2v) is 3.02. The molecule has 2 aromatic rings. The standard InChI is InChI=1S/C10H11N.V/c1-7-3-4-10-9(5-7)8(2)6-11-10;/h3-6,11H,1-2H3;. The molecule has 12 heavy (non-hydrogen) atoms. The maximum Gasteiger partial charge on any atom is 0.0456 e. The Morgan fingerprint density at radius 3 is 2.67 bits per heavy atom. The van der Waals surface area contributed by atoms with Crippen molar-refractivity contribution in [1.82, 2.24) is 4.98 Å². The normalized spacial score (nSPS) is 9.83. The van der Waals surface area contributed by atoms with Gasteiger partial charge in [-0.05, 0) is 31.5 Å². The third-order valence-corrected chi connectivity index (χ3v) is 2.04. The summed E-state index contributed by atoms with van der Waals surface area (Å²) in [6.07, 6.45) is 2.05. The number of benzene rings is 1. The zero-order valence-corrected chi connectivity index (χ0v) is 8.65. The van der Waals surface area contributed by atoms with E-state index in [2.05, 4.69) is 37.0 Å². The molecule has 0 fully saturated rings. The van der Waals surface area contributed by atoms with E-state index < -0.39 is 0 Å². The summed E-state index contributed by atoms with van der Waals surface area (Å²) in [6.45, 7) is 4.24. The molecule has 1 nitrogen and oxygen atoms in total. The Balaban J connectivity index is 0.000000720. The van der Waals surface area contributed by atoms with Crippen molar-refractivity contribution >= 4 is 10.9 Å². The molecule has 61 valence electrons. The van der Waals surface area contributed by atoms with Gasteiger partial charge in [0.2, 0.25) is 0 Å². The van der Waals surface area contributed by atoms with E-state index in [0.717, 1.165) is 0 Å². The number of aromatic amines is 1. The maximum absolute atomic E-state index is 3.22. The topological polar surface area (TPSA) is 15.8 Å². The molecule has 0 saturated heterocycles. The number of fused-ring (bicyclic) bond motifs is 1. The molecular formula is C10H11NV. The van der Waals surface area contributed by atoms with Crippen LogP contribution in [-0.4, -0.2) is 4.98 Å². The summed E-state index contributed by atoms with van der Waals surface area (Å²) in [4.78, 5) is 3.22. The predicted octanol–water partition coefficient (Wildman–Crippen LogP) is 2.78. The van der Waals surface area contributed by atoms with Crippen molar-refractivity contribution in [3.05, 3.63) is 35.5 Å². The number of aryl methyl sites for hydroxylation is 2. The summed E-state index contributed by atoms with van der Waals surface area (Å²) < 4.78 is 0. The largest absolute Gasteiger partial charge is 0.361 e. The van der Waals surface area contributed by atoms with Crippen molar-refractivity contribution < 1.29 is 18.6 Å². The van der Waals surface area contributed by atoms with Crippen LogP contribution in [0.2, 0.25) is 0 Å². The predicted molar refractivity (Wildman–Crippen MR) is 47.8 cm³/mol. The molecule has 0 unspecified atom stereocenters. The van der Waals surface area contributed by atoms with Crippen molar-refractivity contribution in [1.29, 1.82) is 0 Å². The number of nitrogens with one attached hydrogen (secondary N) is 1. The van der Waals surface area contributed by atoms with Crippen LogP contribution in [0.1, 0.15) is 11.1 Å². The van der Waals surface area contributed by atoms with Crippen LogP contribution in [0.15, 0.2) is 24.4 Å². The quantitative estimate of drug-likeness (QED) is 0.666. The summed E-state index contributed by atoms with van der Waals surface area (Å²) in [5.41, 5.74) is 3.87. The third kappa shape index (κ3) is 1.43. The number of aromatic nitrogens is 1. The fourth-order valence-electron chi connectivity index (χ4n) is 1.37. The summed E-state index contributed by atoms with van der Waals surface area (Å²) in [5, 5.41) is 1.34. The van der Waals surface area contributed by atoms with Crippen molar-refractivity contribution in [2.24, 2.45) is 0 Å². The van der Waals surface area contributed by atoms with Gasteiger partial charge in [0.25, 0.3) is 0 Å². The summed E-state index contributed by atoms with van der Waals surface area (Å²) in [6, 6.07) is 6.46. The Morgan fingerprint density at radius 2 is 1.92 bits per heavy atom. The zero-order chi connectivity index (χ0) is 7.84. The molecule has 1 aromatic heterocycles. The fourth-order valence-corrected chi connectivity index (χ4v) is 1.37. The molecule has 2 rings (SSSR count). The fraction of sp³-hybridized carbons (Fsp3) is 0.200. The first-order valence-corrected chi connectivity index (χ1v) is 3.82. The molecule has 0 aliphatic carbocycles. The van der Waals surface area contributed by atoms with Crippen molar-refractivity contribution in [2.75, 3.05) is 0 Å². The SMILES string of the molecule is Cc1ccc2[nH]cc(C)c2c1.[V]. The van der Waals surface area contributed by atoms with Gasteiger partial charge in [-0.2, -0.15) is 0 Å². The maximum atomic E-state index is 3.22. The van der Waals surface area contributed by atoms with Gasteiger partial charge in [0.05, 0.1) is 0 Å². The minimum atomic E-state index is 0. The Kier molecular flexibility index (Phi) is 2.66. The van der Waals surface area contributed by atoms with E-state index in [1.54, 1.807) is 0 Å². The van der Waals surface area contributed by atoms with Gasteiger partial charge in [-0.25, -0.2) is 0 Å². The average molecular weight is 196 g/mol. The molecule has 1 aromatic carbocycles. The van der Waals surface area contributed by atoms with Crippen LogP contribution in [0.3, 0.4) is 0 Å². The van der Waals surface area contributed by atoms with Crippen LogP contribution in [0, 0.1) is 13.8 Å². The van der Waals surface area contributed by atoms with Gasteiger partial charge in [-0.3, -0.25) is 0 Å². The van der Waals surface area contributed by atoms with Gasteiger partial charge in [0.15, 0.2) is 0 Å². The van der Waals surface area contributed by atoms with Gasteiger partial charge < -0.3 is 4.98 Å². The first kappa shape index (κ1) is 9.43. The van der Waals surface area contributed by atoms with Crippen molar-refractivity contribution in [3.8, 4) is 0 Å². The molecular weight excluding hydrogens is 185 g/mol. The van der Waals surface area contributed by atoms with Crippen LogP contribution >= 0.6 is 0 Å². The van der Waals surface area contributed by atoms with Crippen LogP contribution < -0.4 is 0 Å². The number of hydrogen-bond acceptors (Lipinski definition) is 0. The van der Waals surface area contributed by atoms with Gasteiger partial charge >= 0.3 is 0 Å². The molecule has 0 saturated carbocycles. The van der Waals surface area contributed by atoms with E-state index in [4.69, 9.17) is 0 Å². The molecule has 0 aliphatic heterocycles. The van der Waals surface area contributed by atoms with E-state index in [1.807, 2.05) is 6.20 Å². The minimum Gasteiger partial charge on any atom is -0.361 e. The molecule has 0 aliphatic rings. The molecule has 0 spiro atoms. The molecule has 0 atom stereocenters. The van der Waals surface area contributed by atoms with Gasteiger partial charge in [-0.1, -0.05) is 11.6 Å². The Bertz CT molecular complexity index is 390. The number of hydrogen-bond donors (Lipinski definition) is 1. The number of rotatable bonds is 0.